The van der Waals surface area contributed by atoms with E-state index in [2.05, 4.69) is 5.32 Å². The van der Waals surface area contributed by atoms with Crippen LogP contribution < -0.4 is 10.2 Å². The largest absolute Gasteiger partial charge is 0.417 e. The van der Waals surface area contributed by atoms with Gasteiger partial charge in [0.1, 0.15) is 0 Å². The summed E-state index contributed by atoms with van der Waals surface area (Å²) in [5, 5.41) is 11.8. The number of hydrogen-bond donors (Lipinski definition) is 1. The lowest BCUT2D eigenvalue weighted by Crippen LogP contribution is -2.44. The number of amides is 2. The monoisotopic (exact) mass is 474 g/mol. The summed E-state index contributed by atoms with van der Waals surface area (Å²) in [4.78, 5) is 29.2. The molecule has 3 aliphatic rings. The lowest BCUT2D eigenvalue weighted by molar-refractivity contribution is -0.138. The van der Waals surface area contributed by atoms with Crippen LogP contribution in [0.3, 0.4) is 0 Å². The van der Waals surface area contributed by atoms with Crippen molar-refractivity contribution in [2.75, 3.05) is 38.1 Å². The molecule has 0 spiro atoms. The van der Waals surface area contributed by atoms with E-state index >= 15 is 0 Å². The van der Waals surface area contributed by atoms with Crippen LogP contribution >= 0.6 is 0 Å². The van der Waals surface area contributed by atoms with Gasteiger partial charge in [-0.25, -0.2) is 0 Å². The number of nitrogens with one attached hydrogen (secondary N) is 1. The Labute approximate surface area is 197 Å². The van der Waals surface area contributed by atoms with Gasteiger partial charge in [-0.05, 0) is 55.7 Å². The summed E-state index contributed by atoms with van der Waals surface area (Å²) in [7, 11) is 1.57. The molecule has 2 saturated heterocycles. The molecule has 4 rings (SSSR count). The Kier molecular flexibility index (Phi) is 6.87. The van der Waals surface area contributed by atoms with Crippen molar-refractivity contribution in [1.82, 2.24) is 10.2 Å². The first-order valence-corrected chi connectivity index (χ1v) is 11.7. The summed E-state index contributed by atoms with van der Waals surface area (Å²) >= 11 is 0. The second-order valence-electron chi connectivity index (χ2n) is 9.43. The predicted molar refractivity (Wildman–Crippen MR) is 121 cm³/mol. The van der Waals surface area contributed by atoms with E-state index in [0.717, 1.165) is 31.7 Å². The number of carbonyl (C=O) groups excluding carboxylic acids is 2. The van der Waals surface area contributed by atoms with Gasteiger partial charge in [0.05, 0.1) is 23.1 Å². The van der Waals surface area contributed by atoms with E-state index in [1.54, 1.807) is 13.1 Å². The van der Waals surface area contributed by atoms with Gasteiger partial charge < -0.3 is 15.1 Å². The van der Waals surface area contributed by atoms with Gasteiger partial charge in [-0.2, -0.15) is 18.4 Å². The van der Waals surface area contributed by atoms with Crippen LogP contribution in [0.15, 0.2) is 30.4 Å². The Morgan fingerprint density at radius 1 is 1.12 bits per heavy atom. The summed E-state index contributed by atoms with van der Waals surface area (Å²) < 4.78 is 40.4. The highest BCUT2D eigenvalue weighted by atomic mass is 19.4. The molecule has 0 bridgehead atoms. The summed E-state index contributed by atoms with van der Waals surface area (Å²) in [5.41, 5.74) is -1.01. The summed E-state index contributed by atoms with van der Waals surface area (Å²) in [6.07, 6.45) is 2.60. The third kappa shape index (κ3) is 4.77. The van der Waals surface area contributed by atoms with Crippen LogP contribution in [0.25, 0.3) is 0 Å². The van der Waals surface area contributed by atoms with Crippen molar-refractivity contribution in [1.29, 1.82) is 5.26 Å². The number of piperidine rings is 1. The highest BCUT2D eigenvalue weighted by Gasteiger charge is 2.43. The van der Waals surface area contributed by atoms with Crippen LogP contribution in [0.5, 0.6) is 0 Å². The fourth-order valence-electron chi connectivity index (χ4n) is 5.67. The molecule has 0 aromatic heterocycles. The number of carbonyl (C=O) groups is 2. The van der Waals surface area contributed by atoms with Crippen LogP contribution in [-0.2, 0) is 15.8 Å². The maximum absolute atomic E-state index is 13.5. The molecule has 1 aromatic carbocycles. The van der Waals surface area contributed by atoms with Gasteiger partial charge in [-0.15, -0.1) is 0 Å². The average Bonchev–Trinajstić information content (AvgIpc) is 3.53. The minimum atomic E-state index is -4.63. The van der Waals surface area contributed by atoms with Crippen molar-refractivity contribution in [3.8, 4) is 6.07 Å². The Morgan fingerprint density at radius 2 is 1.79 bits per heavy atom. The average molecular weight is 475 g/mol. The summed E-state index contributed by atoms with van der Waals surface area (Å²) in [6.45, 7) is 2.07. The van der Waals surface area contributed by atoms with Crippen molar-refractivity contribution < 1.29 is 22.8 Å². The van der Waals surface area contributed by atoms with Gasteiger partial charge in [-0.1, -0.05) is 12.2 Å². The zero-order chi connectivity index (χ0) is 24.5. The first-order chi connectivity index (χ1) is 16.2. The van der Waals surface area contributed by atoms with Gasteiger partial charge in [0.2, 0.25) is 11.8 Å². The Hall–Kier alpha value is -3.02. The number of likely N-dealkylation sites (tertiary alicyclic amines) is 1. The van der Waals surface area contributed by atoms with Crippen LogP contribution in [0.1, 0.15) is 36.8 Å². The molecular formula is C25H29F3N4O2. The zero-order valence-corrected chi connectivity index (χ0v) is 19.1. The third-order valence-corrected chi connectivity index (χ3v) is 7.56. The molecule has 1 aliphatic carbocycles. The van der Waals surface area contributed by atoms with Gasteiger partial charge in [0.15, 0.2) is 0 Å². The maximum atomic E-state index is 13.5. The summed E-state index contributed by atoms with van der Waals surface area (Å²) in [6, 6.07) is 5.34. The molecule has 0 unspecified atom stereocenters. The molecule has 182 valence electrons. The van der Waals surface area contributed by atoms with Crippen molar-refractivity contribution in [3.63, 3.8) is 0 Å². The summed E-state index contributed by atoms with van der Waals surface area (Å²) in [5.74, 6) is -0.0456. The number of nitriles is 1. The lowest BCUT2D eigenvalue weighted by atomic mass is 9.78. The SMILES string of the molecule is CNC(=O)[C@@H]1CN(c2ccc(C#N)c(C(F)(F)F)c2)C[C@H]1C1CCN(C(=O)C2CC=CC2)CC1. The van der Waals surface area contributed by atoms with E-state index in [1.807, 2.05) is 22.0 Å². The van der Waals surface area contributed by atoms with Crippen molar-refractivity contribution in [2.45, 2.75) is 31.9 Å². The van der Waals surface area contributed by atoms with Gasteiger partial charge in [-0.3, -0.25) is 9.59 Å². The van der Waals surface area contributed by atoms with Gasteiger partial charge >= 0.3 is 6.18 Å². The molecule has 9 heteroatoms. The number of halogens is 3. The van der Waals surface area contributed by atoms with E-state index in [4.69, 9.17) is 5.26 Å². The van der Waals surface area contributed by atoms with E-state index in [9.17, 15) is 22.8 Å². The van der Waals surface area contributed by atoms with E-state index < -0.39 is 17.3 Å². The number of alkyl halides is 3. The lowest BCUT2D eigenvalue weighted by Gasteiger charge is -2.37. The molecule has 34 heavy (non-hydrogen) atoms. The van der Waals surface area contributed by atoms with Crippen molar-refractivity contribution >= 4 is 17.5 Å². The number of hydrogen-bond acceptors (Lipinski definition) is 4. The van der Waals surface area contributed by atoms with Crippen LogP contribution in [0, 0.1) is 35.0 Å². The maximum Gasteiger partial charge on any atom is 0.417 e. The fraction of sp³-hybridized carbons (Fsp3) is 0.560. The number of anilines is 1. The second kappa shape index (κ2) is 9.69. The third-order valence-electron chi connectivity index (χ3n) is 7.56. The minimum absolute atomic E-state index is 0.0182. The molecule has 1 aromatic rings. The highest BCUT2D eigenvalue weighted by molar-refractivity contribution is 5.81. The Bertz CT molecular complexity index is 1000. The Morgan fingerprint density at radius 3 is 2.38 bits per heavy atom. The molecule has 6 nitrogen and oxygen atoms in total. The molecule has 0 radical (unpaired) electrons. The number of benzene rings is 1. The molecular weight excluding hydrogens is 445 g/mol. The molecule has 2 aliphatic heterocycles. The molecule has 2 heterocycles. The van der Waals surface area contributed by atoms with E-state index in [0.29, 0.717) is 31.9 Å². The predicted octanol–water partition coefficient (Wildman–Crippen LogP) is 3.58. The molecule has 2 atom stereocenters. The fourth-order valence-corrected chi connectivity index (χ4v) is 5.67. The highest BCUT2D eigenvalue weighted by Crippen LogP contribution is 2.40. The number of allylic oxidation sites excluding steroid dienone is 2. The van der Waals surface area contributed by atoms with E-state index in [1.165, 1.54) is 12.1 Å². The smallest absolute Gasteiger partial charge is 0.370 e. The van der Waals surface area contributed by atoms with Crippen molar-refractivity contribution in [3.05, 3.63) is 41.5 Å². The topological polar surface area (TPSA) is 76.4 Å². The molecule has 0 saturated carbocycles. The molecule has 1 N–H and O–H groups in total. The minimum Gasteiger partial charge on any atom is -0.370 e. The molecule has 2 fully saturated rings. The molecule has 2 amide bonds. The number of nitrogens with zero attached hydrogens (tertiary/aromatic N) is 3. The van der Waals surface area contributed by atoms with Crippen LogP contribution in [0.2, 0.25) is 0 Å². The zero-order valence-electron chi connectivity index (χ0n) is 19.1. The standard InChI is InChI=1S/C25H29F3N4O2/c1-30-23(33)21-15-32(19-7-6-18(13-29)22(12-19)25(26,27)28)14-20(21)16-8-10-31(11-9-16)24(34)17-4-2-3-5-17/h2-3,6-7,12,16-17,20-21H,4-5,8-11,14-15H2,1H3,(H,30,33)/t20-,21+/m0/s1. The van der Waals surface area contributed by atoms with Gasteiger partial charge in [0, 0.05) is 44.8 Å². The first-order valence-electron chi connectivity index (χ1n) is 11.7. The quantitative estimate of drug-likeness (QED) is 0.677. The Balaban J connectivity index is 1.49. The second-order valence-corrected chi connectivity index (χ2v) is 9.43. The van der Waals surface area contributed by atoms with Gasteiger partial charge in [0.25, 0.3) is 0 Å². The van der Waals surface area contributed by atoms with E-state index in [-0.39, 0.29) is 35.5 Å². The number of rotatable bonds is 4. The first kappa shape index (κ1) is 24.1. The van der Waals surface area contributed by atoms with Crippen molar-refractivity contribution in [2.24, 2.45) is 23.7 Å². The van der Waals surface area contributed by atoms with Crippen LogP contribution in [0.4, 0.5) is 18.9 Å². The van der Waals surface area contributed by atoms with Crippen LogP contribution in [-0.4, -0.2) is 49.9 Å². The normalized spacial score (nSPS) is 23.9.